The van der Waals surface area contributed by atoms with Crippen molar-refractivity contribution in [2.24, 2.45) is 5.92 Å². The lowest BCUT2D eigenvalue weighted by molar-refractivity contribution is -0.195. The molecule has 1 unspecified atom stereocenters. The van der Waals surface area contributed by atoms with Crippen molar-refractivity contribution in [1.29, 1.82) is 5.26 Å². The molecular weight excluding hydrogens is 330 g/mol. The highest BCUT2D eigenvalue weighted by Gasteiger charge is 2.49. The zero-order valence-corrected chi connectivity index (χ0v) is 13.7. The summed E-state index contributed by atoms with van der Waals surface area (Å²) >= 11 is 0. The third-order valence-corrected chi connectivity index (χ3v) is 3.45. The number of nitrogens with zero attached hydrogens (tertiary/aromatic N) is 1. The predicted octanol–water partition coefficient (Wildman–Crippen LogP) is 1.20. The first-order chi connectivity index (χ1) is 11.9. The maximum absolute atomic E-state index is 12.0. The molecule has 1 saturated heterocycles. The summed E-state index contributed by atoms with van der Waals surface area (Å²) in [5.41, 5.74) is 0.349. The number of carbonyl (C=O) groups is 3. The Kier molecular flexibility index (Phi) is 6.08. The molecule has 0 aliphatic carbocycles. The Balaban J connectivity index is 2.06. The van der Waals surface area contributed by atoms with E-state index in [2.05, 4.69) is 0 Å². The van der Waals surface area contributed by atoms with E-state index < -0.39 is 42.3 Å². The Hall–Kier alpha value is -2.92. The quantitative estimate of drug-likeness (QED) is 0.577. The maximum Gasteiger partial charge on any atom is 0.338 e. The van der Waals surface area contributed by atoms with E-state index in [0.717, 1.165) is 0 Å². The summed E-state index contributed by atoms with van der Waals surface area (Å²) < 4.78 is 20.6. The Labute approximate surface area is 144 Å². The molecule has 8 heteroatoms. The molecule has 4 atom stereocenters. The summed E-state index contributed by atoms with van der Waals surface area (Å²) in [4.78, 5) is 34.4. The summed E-state index contributed by atoms with van der Waals surface area (Å²) in [6.07, 6.45) is -3.22. The van der Waals surface area contributed by atoms with Crippen LogP contribution < -0.4 is 0 Å². The highest BCUT2D eigenvalue weighted by atomic mass is 16.7. The van der Waals surface area contributed by atoms with Crippen LogP contribution in [-0.4, -0.2) is 43.0 Å². The average molecular weight is 347 g/mol. The molecule has 1 aliphatic rings. The number of benzene rings is 1. The van der Waals surface area contributed by atoms with Crippen LogP contribution in [0.15, 0.2) is 30.3 Å². The van der Waals surface area contributed by atoms with Crippen LogP contribution in [0, 0.1) is 17.2 Å². The molecule has 0 aromatic heterocycles. The van der Waals surface area contributed by atoms with Gasteiger partial charge in [0.2, 0.25) is 6.29 Å². The van der Waals surface area contributed by atoms with Gasteiger partial charge in [-0.1, -0.05) is 18.2 Å². The SMILES string of the molecule is CC(=O)OC1O[C@@H](COC(=O)c2ccccc2)[C@H](C#N)[C@@H]1OC(C)=O. The fourth-order valence-corrected chi connectivity index (χ4v) is 2.41. The number of hydrogen-bond donors (Lipinski definition) is 0. The van der Waals surface area contributed by atoms with E-state index in [1.807, 2.05) is 6.07 Å². The molecule has 0 radical (unpaired) electrons. The Morgan fingerprint density at radius 1 is 1.12 bits per heavy atom. The van der Waals surface area contributed by atoms with Crippen LogP contribution in [0.25, 0.3) is 0 Å². The zero-order valence-electron chi connectivity index (χ0n) is 13.7. The molecule has 0 N–H and O–H groups in total. The van der Waals surface area contributed by atoms with Gasteiger partial charge >= 0.3 is 17.9 Å². The molecule has 0 bridgehead atoms. The van der Waals surface area contributed by atoms with Crippen molar-refractivity contribution < 1.29 is 33.3 Å². The van der Waals surface area contributed by atoms with Gasteiger partial charge in [0.25, 0.3) is 0 Å². The first-order valence-corrected chi connectivity index (χ1v) is 7.54. The van der Waals surface area contributed by atoms with E-state index in [1.165, 1.54) is 13.8 Å². The summed E-state index contributed by atoms with van der Waals surface area (Å²) in [5, 5.41) is 9.35. The van der Waals surface area contributed by atoms with Gasteiger partial charge in [-0.15, -0.1) is 0 Å². The molecule has 1 aromatic rings. The highest BCUT2D eigenvalue weighted by molar-refractivity contribution is 5.89. The number of carbonyl (C=O) groups excluding carboxylic acids is 3. The normalized spacial score (nSPS) is 24.8. The van der Waals surface area contributed by atoms with Crippen LogP contribution in [0.1, 0.15) is 24.2 Å². The van der Waals surface area contributed by atoms with Crippen LogP contribution in [0.3, 0.4) is 0 Å². The monoisotopic (exact) mass is 347 g/mol. The average Bonchev–Trinajstić information content (AvgIpc) is 2.88. The second-order valence-corrected chi connectivity index (χ2v) is 5.35. The van der Waals surface area contributed by atoms with E-state index in [0.29, 0.717) is 5.56 Å². The van der Waals surface area contributed by atoms with Gasteiger partial charge in [0, 0.05) is 13.8 Å². The molecule has 2 rings (SSSR count). The van der Waals surface area contributed by atoms with Crippen molar-refractivity contribution in [1.82, 2.24) is 0 Å². The summed E-state index contributed by atoms with van der Waals surface area (Å²) in [6, 6.07) is 10.3. The smallest absolute Gasteiger partial charge is 0.338 e. The fourth-order valence-electron chi connectivity index (χ4n) is 2.41. The van der Waals surface area contributed by atoms with Crippen molar-refractivity contribution in [3.63, 3.8) is 0 Å². The van der Waals surface area contributed by atoms with Crippen LogP contribution >= 0.6 is 0 Å². The van der Waals surface area contributed by atoms with Crippen molar-refractivity contribution in [3.05, 3.63) is 35.9 Å². The second kappa shape index (κ2) is 8.26. The van der Waals surface area contributed by atoms with Gasteiger partial charge in [-0.3, -0.25) is 9.59 Å². The first kappa shape index (κ1) is 18.4. The van der Waals surface area contributed by atoms with E-state index in [1.54, 1.807) is 30.3 Å². The molecule has 8 nitrogen and oxygen atoms in total. The van der Waals surface area contributed by atoms with Crippen LogP contribution in [0.5, 0.6) is 0 Å². The summed E-state index contributed by atoms with van der Waals surface area (Å²) in [6.45, 7) is 2.09. The molecule has 25 heavy (non-hydrogen) atoms. The van der Waals surface area contributed by atoms with Gasteiger partial charge in [0.05, 0.1) is 11.6 Å². The third-order valence-electron chi connectivity index (χ3n) is 3.45. The molecule has 1 heterocycles. The number of esters is 3. The molecular formula is C17H17NO7. The standard InChI is InChI=1S/C17H17NO7/c1-10(19)23-15-13(8-18)14(25-17(15)24-11(2)20)9-22-16(21)12-6-4-3-5-7-12/h3-7,13-15,17H,9H2,1-2H3/t13-,14-,15-,17?/m0/s1. The maximum atomic E-state index is 12.0. The number of rotatable bonds is 5. The minimum atomic E-state index is -1.23. The van der Waals surface area contributed by atoms with E-state index in [4.69, 9.17) is 18.9 Å². The minimum Gasteiger partial charge on any atom is -0.459 e. The first-order valence-electron chi connectivity index (χ1n) is 7.54. The van der Waals surface area contributed by atoms with Gasteiger partial charge in [0.15, 0.2) is 6.10 Å². The molecule has 1 aliphatic heterocycles. The molecule has 1 aromatic carbocycles. The van der Waals surface area contributed by atoms with Gasteiger partial charge in [-0.2, -0.15) is 5.26 Å². The molecule has 1 fully saturated rings. The lowest BCUT2D eigenvalue weighted by atomic mass is 10.0. The predicted molar refractivity (Wildman–Crippen MR) is 81.8 cm³/mol. The lowest BCUT2D eigenvalue weighted by Crippen LogP contribution is -2.34. The molecule has 0 spiro atoms. The molecule has 132 valence electrons. The number of hydrogen-bond acceptors (Lipinski definition) is 8. The van der Waals surface area contributed by atoms with Gasteiger partial charge < -0.3 is 18.9 Å². The topological polar surface area (TPSA) is 112 Å². The summed E-state index contributed by atoms with van der Waals surface area (Å²) in [7, 11) is 0. The Morgan fingerprint density at radius 3 is 2.32 bits per heavy atom. The van der Waals surface area contributed by atoms with Crippen LogP contribution in [0.2, 0.25) is 0 Å². The summed E-state index contributed by atoms with van der Waals surface area (Å²) in [5.74, 6) is -2.83. The molecule has 0 saturated carbocycles. The second-order valence-electron chi connectivity index (χ2n) is 5.35. The van der Waals surface area contributed by atoms with Crippen molar-refractivity contribution >= 4 is 17.9 Å². The van der Waals surface area contributed by atoms with Gasteiger partial charge in [-0.25, -0.2) is 4.79 Å². The fraction of sp³-hybridized carbons (Fsp3) is 0.412. The lowest BCUT2D eigenvalue weighted by Gasteiger charge is -2.18. The van der Waals surface area contributed by atoms with Gasteiger partial charge in [0.1, 0.15) is 18.6 Å². The van der Waals surface area contributed by atoms with E-state index in [-0.39, 0.29) is 6.61 Å². The number of ether oxygens (including phenoxy) is 4. The van der Waals surface area contributed by atoms with Gasteiger partial charge in [-0.05, 0) is 12.1 Å². The largest absolute Gasteiger partial charge is 0.459 e. The molecule has 0 amide bonds. The van der Waals surface area contributed by atoms with Crippen LogP contribution in [-0.2, 0) is 28.5 Å². The van der Waals surface area contributed by atoms with Crippen molar-refractivity contribution in [2.75, 3.05) is 6.61 Å². The van der Waals surface area contributed by atoms with Crippen molar-refractivity contribution in [2.45, 2.75) is 32.3 Å². The van der Waals surface area contributed by atoms with Crippen LogP contribution in [0.4, 0.5) is 0 Å². The highest BCUT2D eigenvalue weighted by Crippen LogP contribution is 2.30. The zero-order chi connectivity index (χ0) is 18.4. The Bertz CT molecular complexity index is 682. The van der Waals surface area contributed by atoms with E-state index >= 15 is 0 Å². The number of nitriles is 1. The van der Waals surface area contributed by atoms with Crippen molar-refractivity contribution in [3.8, 4) is 6.07 Å². The Morgan fingerprint density at radius 2 is 1.76 bits per heavy atom. The third kappa shape index (κ3) is 4.78. The van der Waals surface area contributed by atoms with E-state index in [9.17, 15) is 19.6 Å². The minimum absolute atomic E-state index is 0.249.